The van der Waals surface area contributed by atoms with E-state index in [1.807, 2.05) is 17.6 Å². The summed E-state index contributed by atoms with van der Waals surface area (Å²) in [7, 11) is 0. The van der Waals surface area contributed by atoms with E-state index in [1.54, 1.807) is 28.8 Å². The Labute approximate surface area is 226 Å². The van der Waals surface area contributed by atoms with Gasteiger partial charge in [0, 0.05) is 12.1 Å². The van der Waals surface area contributed by atoms with Crippen molar-refractivity contribution in [3.05, 3.63) is 94.1 Å². The second kappa shape index (κ2) is 10.1. The van der Waals surface area contributed by atoms with E-state index in [0.717, 1.165) is 36.6 Å². The largest absolute Gasteiger partial charge is 0.416 e. The van der Waals surface area contributed by atoms with Crippen molar-refractivity contribution in [3.8, 4) is 0 Å². The Morgan fingerprint density at radius 1 is 1.00 bits per heavy atom. The summed E-state index contributed by atoms with van der Waals surface area (Å²) in [5.74, 6) is -0.361. The monoisotopic (exact) mass is 546 g/mol. The first-order valence-electron chi connectivity index (χ1n) is 12.9. The smallest absolute Gasteiger partial charge is 0.310 e. The number of imidazole rings is 1. The van der Waals surface area contributed by atoms with Crippen LogP contribution in [0.5, 0.6) is 0 Å². The minimum atomic E-state index is -4.48. The molecule has 0 radical (unpaired) electrons. The van der Waals surface area contributed by atoms with Crippen molar-refractivity contribution in [1.82, 2.24) is 29.8 Å². The fourth-order valence-corrected chi connectivity index (χ4v) is 5.17. The van der Waals surface area contributed by atoms with E-state index in [-0.39, 0.29) is 12.5 Å². The number of fused-ring (bicyclic) bond motifs is 2. The Kier molecular flexibility index (Phi) is 6.45. The lowest BCUT2D eigenvalue weighted by molar-refractivity contribution is -0.137. The molecule has 0 saturated heterocycles. The number of nitrogens with zero attached hydrogens (tertiary/aromatic N) is 6. The number of aromatic nitrogens is 6. The predicted molar refractivity (Wildman–Crippen MR) is 142 cm³/mol. The molecule has 0 atom stereocenters. The molecule has 0 spiro atoms. The molecule has 1 amide bonds. The van der Waals surface area contributed by atoms with Gasteiger partial charge in [0.05, 0.1) is 28.8 Å². The lowest BCUT2D eigenvalue weighted by Gasteiger charge is -2.09. The Hall–Kier alpha value is -4.74. The van der Waals surface area contributed by atoms with Crippen LogP contribution in [0.15, 0.2) is 65.7 Å². The van der Waals surface area contributed by atoms with Crippen LogP contribution in [-0.2, 0) is 32.1 Å². The van der Waals surface area contributed by atoms with Crippen molar-refractivity contribution >= 4 is 28.6 Å². The molecule has 0 saturated carbocycles. The minimum Gasteiger partial charge on any atom is -0.310 e. The number of amides is 1. The summed E-state index contributed by atoms with van der Waals surface area (Å²) < 4.78 is 44.8. The summed E-state index contributed by atoms with van der Waals surface area (Å²) in [6.45, 7) is 2.72. The van der Waals surface area contributed by atoms with E-state index < -0.39 is 17.6 Å². The number of nitrogens with one attached hydrogen (secondary N) is 2. The number of alkyl halides is 3. The van der Waals surface area contributed by atoms with Crippen molar-refractivity contribution in [1.29, 1.82) is 0 Å². The Balaban J connectivity index is 1.44. The zero-order valence-electron chi connectivity index (χ0n) is 21.5. The van der Waals surface area contributed by atoms with Gasteiger partial charge in [-0.25, -0.2) is 4.99 Å². The van der Waals surface area contributed by atoms with Crippen LogP contribution < -0.4 is 10.9 Å². The second-order valence-electron chi connectivity index (χ2n) is 9.64. The number of anilines is 1. The van der Waals surface area contributed by atoms with Crippen LogP contribution >= 0.6 is 0 Å². The second-order valence-corrected chi connectivity index (χ2v) is 9.64. The highest BCUT2D eigenvalue weighted by Crippen LogP contribution is 2.32. The van der Waals surface area contributed by atoms with E-state index in [2.05, 4.69) is 38.1 Å². The highest BCUT2D eigenvalue weighted by Gasteiger charge is 2.31. The standard InChI is InChI=1S/C28H25F3N8O/c1-2-38-23-13-11-21(28(29,30)31)15-24(23)39(27(38)32-22-12-10-18-4-3-5-20(18)14-22)16-17-6-8-19(9-7-17)25(40)33-26-34-36-37-35-26/h6-15H,2-5,16H2,1H3,(H2,33,34,35,36,37,40). The van der Waals surface area contributed by atoms with Crippen LogP contribution in [0, 0.1) is 0 Å². The summed E-state index contributed by atoms with van der Waals surface area (Å²) in [6.07, 6.45) is -1.33. The number of benzene rings is 3. The molecule has 0 bridgehead atoms. The van der Waals surface area contributed by atoms with Crippen molar-refractivity contribution in [3.63, 3.8) is 0 Å². The molecule has 5 aromatic rings. The van der Waals surface area contributed by atoms with Gasteiger partial charge in [0.1, 0.15) is 0 Å². The molecule has 2 aromatic heterocycles. The van der Waals surface area contributed by atoms with Gasteiger partial charge in [-0.3, -0.25) is 10.1 Å². The summed E-state index contributed by atoms with van der Waals surface area (Å²) in [6, 6.07) is 16.7. The molecule has 6 rings (SSSR count). The number of aromatic amines is 1. The number of halogens is 3. The van der Waals surface area contributed by atoms with E-state index in [0.29, 0.717) is 28.8 Å². The third-order valence-electron chi connectivity index (χ3n) is 7.12. The summed E-state index contributed by atoms with van der Waals surface area (Å²) in [5.41, 5.74) is 5.42. The average Bonchev–Trinajstić information content (AvgIpc) is 3.68. The molecule has 1 aliphatic rings. The van der Waals surface area contributed by atoms with Crippen molar-refractivity contribution in [2.75, 3.05) is 5.32 Å². The van der Waals surface area contributed by atoms with E-state index in [1.165, 1.54) is 23.3 Å². The molecule has 204 valence electrons. The van der Waals surface area contributed by atoms with Gasteiger partial charge in [0.25, 0.3) is 11.9 Å². The van der Waals surface area contributed by atoms with E-state index in [9.17, 15) is 18.0 Å². The summed E-state index contributed by atoms with van der Waals surface area (Å²) in [5, 5.41) is 15.6. The quantitative estimate of drug-likeness (QED) is 0.312. The van der Waals surface area contributed by atoms with Crippen LogP contribution in [-0.4, -0.2) is 35.7 Å². The molecule has 0 aliphatic heterocycles. The molecular formula is C28H25F3N8O. The topological polar surface area (TPSA) is 106 Å². The van der Waals surface area contributed by atoms with Crippen molar-refractivity contribution in [2.24, 2.45) is 4.99 Å². The first kappa shape index (κ1) is 25.5. The van der Waals surface area contributed by atoms with Gasteiger partial charge in [-0.15, -0.1) is 5.10 Å². The number of aryl methyl sites for hydroxylation is 3. The molecule has 0 unspecified atom stereocenters. The zero-order chi connectivity index (χ0) is 27.9. The Morgan fingerprint density at radius 2 is 1.80 bits per heavy atom. The molecule has 3 aromatic carbocycles. The maximum Gasteiger partial charge on any atom is 0.416 e. The molecule has 40 heavy (non-hydrogen) atoms. The zero-order valence-corrected chi connectivity index (χ0v) is 21.5. The SMILES string of the molecule is CCn1c(=Nc2ccc3c(c2)CCC3)n(Cc2ccc(C(=O)Nc3nn[nH]n3)cc2)c2cc(C(F)(F)F)ccc21. The maximum atomic E-state index is 13.7. The molecule has 2 N–H and O–H groups in total. The summed E-state index contributed by atoms with van der Waals surface area (Å²) >= 11 is 0. The van der Waals surface area contributed by atoms with Crippen LogP contribution in [0.25, 0.3) is 11.0 Å². The molecular weight excluding hydrogens is 521 g/mol. The highest BCUT2D eigenvalue weighted by atomic mass is 19.4. The molecule has 1 aliphatic carbocycles. The van der Waals surface area contributed by atoms with Crippen LogP contribution in [0.1, 0.15) is 46.0 Å². The number of tetrazole rings is 1. The third-order valence-corrected chi connectivity index (χ3v) is 7.12. The Morgan fingerprint density at radius 3 is 2.52 bits per heavy atom. The predicted octanol–water partition coefficient (Wildman–Crippen LogP) is 5.02. The molecule has 9 nitrogen and oxygen atoms in total. The lowest BCUT2D eigenvalue weighted by Crippen LogP contribution is -2.26. The maximum absolute atomic E-state index is 13.7. The first-order chi connectivity index (χ1) is 19.3. The van der Waals surface area contributed by atoms with E-state index >= 15 is 0 Å². The van der Waals surface area contributed by atoms with Crippen LogP contribution in [0.2, 0.25) is 0 Å². The fourth-order valence-electron chi connectivity index (χ4n) is 5.17. The first-order valence-corrected chi connectivity index (χ1v) is 12.9. The number of carbonyl (C=O) groups is 1. The highest BCUT2D eigenvalue weighted by molar-refractivity contribution is 6.03. The fraction of sp³-hybridized carbons (Fsp3) is 0.250. The van der Waals surface area contributed by atoms with Gasteiger partial charge < -0.3 is 9.13 Å². The van der Waals surface area contributed by atoms with Crippen LogP contribution in [0.4, 0.5) is 24.8 Å². The van der Waals surface area contributed by atoms with Crippen molar-refractivity contribution < 1.29 is 18.0 Å². The van der Waals surface area contributed by atoms with Gasteiger partial charge in [-0.2, -0.15) is 18.4 Å². The number of rotatable bonds is 6. The lowest BCUT2D eigenvalue weighted by atomic mass is 10.1. The van der Waals surface area contributed by atoms with Crippen molar-refractivity contribution in [2.45, 2.75) is 45.5 Å². The van der Waals surface area contributed by atoms with Crippen LogP contribution in [0.3, 0.4) is 0 Å². The number of carbonyl (C=O) groups excluding carboxylic acids is 1. The molecule has 0 fully saturated rings. The minimum absolute atomic E-state index is 0.0512. The number of H-pyrrole nitrogens is 1. The average molecular weight is 547 g/mol. The van der Waals surface area contributed by atoms with Gasteiger partial charge in [0.2, 0.25) is 5.62 Å². The third kappa shape index (κ3) is 4.88. The summed E-state index contributed by atoms with van der Waals surface area (Å²) in [4.78, 5) is 17.5. The van der Waals surface area contributed by atoms with Gasteiger partial charge in [-0.1, -0.05) is 23.3 Å². The molecule has 2 heterocycles. The van der Waals surface area contributed by atoms with E-state index in [4.69, 9.17) is 4.99 Å². The Bertz CT molecular complexity index is 1770. The van der Waals surface area contributed by atoms with Gasteiger partial charge in [-0.05, 0) is 90.6 Å². The van der Waals surface area contributed by atoms with Gasteiger partial charge >= 0.3 is 6.18 Å². The van der Waals surface area contributed by atoms with Gasteiger partial charge in [0.15, 0.2) is 0 Å². The normalized spacial score (nSPS) is 13.7. The molecule has 12 heteroatoms. The number of hydrogen-bond donors (Lipinski definition) is 2. The number of hydrogen-bond acceptors (Lipinski definition) is 5.